The van der Waals surface area contributed by atoms with Crippen molar-refractivity contribution in [2.45, 2.75) is 83.8 Å². The van der Waals surface area contributed by atoms with E-state index in [9.17, 15) is 10.2 Å². The van der Waals surface area contributed by atoms with E-state index in [0.29, 0.717) is 23.9 Å². The second kappa shape index (κ2) is 16.1. The number of nitrogens with one attached hydrogen (secondary N) is 1. The Bertz CT molecular complexity index is 1660. The number of aliphatic hydroxyl groups excluding tert-OH is 2. The number of benzene rings is 4. The van der Waals surface area contributed by atoms with Crippen LogP contribution in [0.3, 0.4) is 0 Å². The molecule has 4 aromatic carbocycles. The van der Waals surface area contributed by atoms with E-state index in [0.717, 1.165) is 22.4 Å². The maximum absolute atomic E-state index is 10.6. The van der Waals surface area contributed by atoms with Crippen LogP contribution in [0.4, 0.5) is 0 Å². The highest BCUT2D eigenvalue weighted by Crippen LogP contribution is 2.39. The van der Waals surface area contributed by atoms with Crippen LogP contribution in [0, 0.1) is 5.41 Å². The molecule has 0 aliphatic carbocycles. The van der Waals surface area contributed by atoms with Crippen molar-refractivity contribution in [3.05, 3.63) is 119 Å². The van der Waals surface area contributed by atoms with Gasteiger partial charge in [-0.05, 0) is 83.2 Å². The van der Waals surface area contributed by atoms with Gasteiger partial charge in [-0.1, -0.05) is 97.0 Å². The third kappa shape index (κ3) is 10.0. The van der Waals surface area contributed by atoms with E-state index in [-0.39, 0.29) is 48.3 Å². The number of hydrogen-bond acceptors (Lipinski definition) is 8. The number of epoxide rings is 1. The van der Waals surface area contributed by atoms with Crippen molar-refractivity contribution < 1.29 is 33.9 Å². The van der Waals surface area contributed by atoms with Crippen molar-refractivity contribution in [3.63, 3.8) is 0 Å². The van der Waals surface area contributed by atoms with Gasteiger partial charge in [-0.15, -0.1) is 0 Å². The Morgan fingerprint density at radius 2 is 0.882 bits per heavy atom. The van der Waals surface area contributed by atoms with Gasteiger partial charge < -0.3 is 33.9 Å². The lowest BCUT2D eigenvalue weighted by atomic mass is 9.78. The molecule has 51 heavy (non-hydrogen) atoms. The van der Waals surface area contributed by atoms with Crippen LogP contribution in [0.25, 0.3) is 0 Å². The molecule has 274 valence electrons. The van der Waals surface area contributed by atoms with Crippen molar-refractivity contribution in [2.24, 2.45) is 5.41 Å². The molecule has 0 amide bonds. The van der Waals surface area contributed by atoms with Crippen LogP contribution in [0.5, 0.6) is 23.0 Å². The maximum atomic E-state index is 10.6. The minimum atomic E-state index is -0.793. The van der Waals surface area contributed by atoms with Gasteiger partial charge in [-0.3, -0.25) is 5.32 Å². The second-order valence-corrected chi connectivity index (χ2v) is 15.5. The smallest absolute Gasteiger partial charge is 0.139 e. The molecular formula is C43H55NO7. The molecule has 1 aliphatic heterocycles. The lowest BCUT2D eigenvalue weighted by Gasteiger charge is -2.27. The van der Waals surface area contributed by atoms with Crippen LogP contribution in [0.15, 0.2) is 97.1 Å². The van der Waals surface area contributed by atoms with Crippen molar-refractivity contribution >= 4 is 0 Å². The molecule has 4 aromatic rings. The molecule has 8 nitrogen and oxygen atoms in total. The Hall–Kier alpha value is -4.08. The van der Waals surface area contributed by atoms with Gasteiger partial charge in [0.25, 0.3) is 0 Å². The SMILES string of the molecule is CNC(O)COc1ccc(C(C)(C)c2ccc(OCC(O)COc3ccc(C(C)(C)c4ccc(OCC5OC5C(C)(C)C)cc4)cc3)cc2)cc1. The number of likely N-dealkylation sites (N-methyl/N-ethyl adjacent to an activating group) is 1. The summed E-state index contributed by atoms with van der Waals surface area (Å²) >= 11 is 0. The zero-order chi connectivity index (χ0) is 36.8. The van der Waals surface area contributed by atoms with Crippen molar-refractivity contribution in [2.75, 3.05) is 33.5 Å². The van der Waals surface area contributed by atoms with E-state index in [1.807, 2.05) is 72.8 Å². The zero-order valence-corrected chi connectivity index (χ0v) is 31.3. The minimum Gasteiger partial charge on any atom is -0.491 e. The Balaban J connectivity index is 1.06. The highest BCUT2D eigenvalue weighted by molar-refractivity contribution is 5.43. The fourth-order valence-corrected chi connectivity index (χ4v) is 6.11. The lowest BCUT2D eigenvalue weighted by molar-refractivity contribution is 0.0626. The predicted molar refractivity (Wildman–Crippen MR) is 201 cm³/mol. The van der Waals surface area contributed by atoms with Gasteiger partial charge in [0.1, 0.15) is 67.9 Å². The molecule has 1 heterocycles. The molecule has 5 rings (SSSR count). The molecule has 0 radical (unpaired) electrons. The topological polar surface area (TPSA) is 102 Å². The number of aliphatic hydroxyl groups is 2. The Labute approximate surface area is 303 Å². The first kappa shape index (κ1) is 38.2. The largest absolute Gasteiger partial charge is 0.491 e. The standard InChI is InChI=1S/C43H55NO7/c1-41(2,3)40-38(51-40)27-49-36-21-13-31(14-22-36)42(4,5)29-9-17-34(18-10-29)47-25-33(45)26-48-35-19-11-30(12-20-35)43(6,7)32-15-23-37(24-16-32)50-28-39(46)44-8/h9-24,33,38-40,44-46H,25-28H2,1-8H3. The third-order valence-electron chi connectivity index (χ3n) is 9.78. The van der Waals surface area contributed by atoms with E-state index >= 15 is 0 Å². The van der Waals surface area contributed by atoms with Gasteiger partial charge in [0.2, 0.25) is 0 Å². The molecule has 0 aromatic heterocycles. The summed E-state index contributed by atoms with van der Waals surface area (Å²) in [4.78, 5) is 0. The van der Waals surface area contributed by atoms with Gasteiger partial charge >= 0.3 is 0 Å². The van der Waals surface area contributed by atoms with Crippen LogP contribution < -0.4 is 24.3 Å². The number of ether oxygens (including phenoxy) is 5. The highest BCUT2D eigenvalue weighted by Gasteiger charge is 2.47. The Morgan fingerprint density at radius 3 is 1.20 bits per heavy atom. The summed E-state index contributed by atoms with van der Waals surface area (Å²) < 4.78 is 29.2. The summed E-state index contributed by atoms with van der Waals surface area (Å²) in [6.45, 7) is 16.3. The molecule has 0 saturated carbocycles. The van der Waals surface area contributed by atoms with Crippen LogP contribution in [0.2, 0.25) is 0 Å². The molecule has 1 fully saturated rings. The zero-order valence-electron chi connectivity index (χ0n) is 31.3. The Kier molecular flexibility index (Phi) is 12.0. The van der Waals surface area contributed by atoms with Gasteiger partial charge in [0.15, 0.2) is 0 Å². The Morgan fingerprint density at radius 1 is 0.549 bits per heavy atom. The summed E-state index contributed by atoms with van der Waals surface area (Å²) in [5.74, 6) is 2.92. The fraction of sp³-hybridized carbons (Fsp3) is 0.442. The van der Waals surface area contributed by atoms with Crippen molar-refractivity contribution in [3.8, 4) is 23.0 Å². The molecule has 4 unspecified atom stereocenters. The molecule has 3 N–H and O–H groups in total. The van der Waals surface area contributed by atoms with Crippen LogP contribution in [0.1, 0.15) is 70.7 Å². The molecule has 1 saturated heterocycles. The van der Waals surface area contributed by atoms with Gasteiger partial charge in [0.05, 0.1) is 6.10 Å². The predicted octanol–water partition coefficient (Wildman–Crippen LogP) is 7.27. The first-order chi connectivity index (χ1) is 24.2. The average molecular weight is 698 g/mol. The first-order valence-electron chi connectivity index (χ1n) is 17.8. The van der Waals surface area contributed by atoms with E-state index in [1.165, 1.54) is 5.56 Å². The molecule has 0 bridgehead atoms. The number of rotatable bonds is 17. The molecule has 0 spiro atoms. The van der Waals surface area contributed by atoms with Crippen molar-refractivity contribution in [1.82, 2.24) is 5.32 Å². The van der Waals surface area contributed by atoms with E-state index in [2.05, 4.69) is 78.0 Å². The third-order valence-corrected chi connectivity index (χ3v) is 9.78. The maximum Gasteiger partial charge on any atom is 0.139 e. The first-order valence-corrected chi connectivity index (χ1v) is 17.8. The molecule has 4 atom stereocenters. The van der Waals surface area contributed by atoms with E-state index < -0.39 is 12.3 Å². The molecular weight excluding hydrogens is 642 g/mol. The molecule has 1 aliphatic rings. The summed E-state index contributed by atoms with van der Waals surface area (Å²) in [5, 5.41) is 23.0. The summed E-state index contributed by atoms with van der Waals surface area (Å²) in [6, 6.07) is 32.2. The molecule has 8 heteroatoms. The van der Waals surface area contributed by atoms with Gasteiger partial charge in [-0.25, -0.2) is 0 Å². The fourth-order valence-electron chi connectivity index (χ4n) is 6.11. The lowest BCUT2D eigenvalue weighted by Crippen LogP contribution is -2.31. The average Bonchev–Trinajstić information content (AvgIpc) is 3.93. The van der Waals surface area contributed by atoms with E-state index in [4.69, 9.17) is 23.7 Å². The van der Waals surface area contributed by atoms with Gasteiger partial charge in [0, 0.05) is 10.8 Å². The van der Waals surface area contributed by atoms with Crippen LogP contribution in [-0.2, 0) is 15.6 Å². The number of hydrogen-bond donors (Lipinski definition) is 3. The normalized spacial score (nSPS) is 17.4. The monoisotopic (exact) mass is 697 g/mol. The minimum absolute atomic E-state index is 0.113. The summed E-state index contributed by atoms with van der Waals surface area (Å²) in [5.41, 5.74) is 4.27. The van der Waals surface area contributed by atoms with Crippen molar-refractivity contribution in [1.29, 1.82) is 0 Å². The van der Waals surface area contributed by atoms with Crippen LogP contribution >= 0.6 is 0 Å². The second-order valence-electron chi connectivity index (χ2n) is 15.5. The summed E-state index contributed by atoms with van der Waals surface area (Å²) in [7, 11) is 1.68. The van der Waals surface area contributed by atoms with E-state index in [1.54, 1.807) is 7.05 Å². The highest BCUT2D eigenvalue weighted by atomic mass is 16.6. The summed E-state index contributed by atoms with van der Waals surface area (Å²) in [6.07, 6.45) is -1.08. The van der Waals surface area contributed by atoms with Crippen LogP contribution in [-0.4, -0.2) is 68.2 Å². The quantitative estimate of drug-likeness (QED) is 0.0783. The van der Waals surface area contributed by atoms with Gasteiger partial charge in [-0.2, -0.15) is 0 Å².